The lowest BCUT2D eigenvalue weighted by molar-refractivity contribution is -0.119. The van der Waals surface area contributed by atoms with Crippen molar-refractivity contribution in [3.8, 4) is 113 Å². The zero-order chi connectivity index (χ0) is 104. The Morgan fingerprint density at radius 2 is 0.779 bits per heavy atom. The first-order valence-electron chi connectivity index (χ1n) is 45.4. The molecule has 3 N–H and O–H groups in total. The highest BCUT2D eigenvalue weighted by Crippen LogP contribution is 2.46. The van der Waals surface area contributed by atoms with Gasteiger partial charge in [0.15, 0.2) is 18.9 Å². The number of aromatic nitrogens is 8. The molecule has 1 amide bonds. The van der Waals surface area contributed by atoms with Crippen LogP contribution in [-0.2, 0) is 38.6 Å². The molecule has 744 valence electrons. The molecule has 2 fully saturated rings. The molecule has 8 aromatic heterocycles. The first-order chi connectivity index (χ1) is 69.7. The topological polar surface area (TPSA) is 304 Å². The number of methoxy groups -OCH3 is 4. The number of aryl methyl sites for hydroxylation is 7. The van der Waals surface area contributed by atoms with Gasteiger partial charge in [0.25, 0.3) is 0 Å². The van der Waals surface area contributed by atoms with Crippen LogP contribution < -0.4 is 20.1 Å². The van der Waals surface area contributed by atoms with Crippen molar-refractivity contribution < 1.29 is 57.6 Å². The number of aliphatic hydroxyl groups excluding tert-OH is 1. The minimum Gasteiger partial charge on any atom is -0.481 e. The summed E-state index contributed by atoms with van der Waals surface area (Å²) >= 11 is 62.2. The summed E-state index contributed by atoms with van der Waals surface area (Å²) in [6.07, 6.45) is 18.5. The Balaban J connectivity index is 0.000000166. The van der Waals surface area contributed by atoms with Gasteiger partial charge in [-0.25, -0.2) is 24.5 Å². The fourth-order valence-corrected chi connectivity index (χ4v) is 19.2. The van der Waals surface area contributed by atoms with Crippen molar-refractivity contribution in [1.29, 1.82) is 0 Å². The van der Waals surface area contributed by atoms with E-state index in [1.807, 2.05) is 198 Å². The van der Waals surface area contributed by atoms with Crippen molar-refractivity contribution in [2.24, 2.45) is 5.92 Å². The molecule has 2 aliphatic rings. The number of ether oxygens (including phenoxy) is 4. The minimum absolute atomic E-state index is 0.00529. The molecule has 2 atom stereocenters. The van der Waals surface area contributed by atoms with Gasteiger partial charge in [0.1, 0.15) is 10.9 Å². The molecule has 1 saturated carbocycles. The molecular formula is C112H97Br3Cl8N10O12. The van der Waals surface area contributed by atoms with E-state index in [1.165, 1.54) is 39.9 Å². The van der Waals surface area contributed by atoms with Crippen molar-refractivity contribution in [1.82, 2.24) is 50.5 Å². The molecule has 0 spiro atoms. The Hall–Kier alpha value is -11.9. The van der Waals surface area contributed by atoms with Gasteiger partial charge >= 0.3 is 11.9 Å². The Bertz CT molecular complexity index is 7350. The quantitative estimate of drug-likeness (QED) is 0.0272. The maximum atomic E-state index is 11.6. The van der Waals surface area contributed by atoms with Crippen LogP contribution >= 0.6 is 141 Å². The van der Waals surface area contributed by atoms with Crippen LogP contribution in [0.25, 0.3) is 101 Å². The van der Waals surface area contributed by atoms with Crippen molar-refractivity contribution >= 4 is 183 Å². The number of aldehydes is 3. The van der Waals surface area contributed by atoms with Crippen molar-refractivity contribution in [3.63, 3.8) is 0 Å². The van der Waals surface area contributed by atoms with Gasteiger partial charge in [0.05, 0.1) is 127 Å². The molecule has 33 heteroatoms. The minimum atomic E-state index is -0.392. The number of nitrogens with one attached hydrogen (secondary N) is 2. The van der Waals surface area contributed by atoms with E-state index in [2.05, 4.69) is 106 Å². The second kappa shape index (κ2) is 53.5. The number of benzene rings is 7. The summed E-state index contributed by atoms with van der Waals surface area (Å²) in [5, 5.41) is 20.0. The number of pyridine rings is 8. The summed E-state index contributed by atoms with van der Waals surface area (Å²) in [6.45, 7) is 12.9. The second-order valence-corrected chi connectivity index (χ2v) is 39.2. The lowest BCUT2D eigenvalue weighted by Gasteiger charge is -2.16. The second-order valence-electron chi connectivity index (χ2n) is 33.7. The number of amides is 1. The summed E-state index contributed by atoms with van der Waals surface area (Å²) in [5.41, 5.74) is 24.5. The van der Waals surface area contributed by atoms with Gasteiger partial charge < -0.3 is 34.7 Å². The highest BCUT2D eigenvalue weighted by molar-refractivity contribution is 9.11. The first kappa shape index (κ1) is 112. The third kappa shape index (κ3) is 28.5. The van der Waals surface area contributed by atoms with Gasteiger partial charge in [0, 0.05) is 160 Å². The van der Waals surface area contributed by atoms with E-state index in [0.717, 1.165) is 193 Å². The zero-order valence-corrected chi connectivity index (χ0v) is 91.0. The molecule has 1 saturated heterocycles. The van der Waals surface area contributed by atoms with E-state index in [4.69, 9.17) is 122 Å². The first-order valence-corrected chi connectivity index (χ1v) is 50.8. The number of hydrogen-bond donors (Lipinski definition) is 3. The van der Waals surface area contributed by atoms with Gasteiger partial charge in [0.2, 0.25) is 17.7 Å². The van der Waals surface area contributed by atoms with Crippen molar-refractivity contribution in [2.75, 3.05) is 35.0 Å². The number of rotatable bonds is 25. The molecule has 22 nitrogen and oxygen atoms in total. The highest BCUT2D eigenvalue weighted by Gasteiger charge is 2.27. The fourth-order valence-electron chi connectivity index (χ4n) is 16.0. The van der Waals surface area contributed by atoms with Crippen LogP contribution in [0.1, 0.15) is 147 Å². The van der Waals surface area contributed by atoms with E-state index in [1.54, 1.807) is 44.6 Å². The zero-order valence-electron chi connectivity index (χ0n) is 80.2. The number of aliphatic hydroxyl groups is 1. The molecule has 1 aliphatic carbocycles. The predicted octanol–water partition coefficient (Wildman–Crippen LogP) is 29.2. The number of carbonyl (C=O) groups excluding carboxylic acids is 7. The maximum Gasteiger partial charge on any atom is 0.339 e. The van der Waals surface area contributed by atoms with E-state index >= 15 is 0 Å². The molecule has 15 aromatic rings. The molecular weight excluding hydrogens is 2200 g/mol. The van der Waals surface area contributed by atoms with Crippen LogP contribution in [0.5, 0.6) is 11.8 Å². The number of hydrogen-bond acceptors (Lipinski definition) is 21. The summed E-state index contributed by atoms with van der Waals surface area (Å²) in [6, 6.07) is 58.8. The Labute approximate surface area is 905 Å². The summed E-state index contributed by atoms with van der Waals surface area (Å²) in [4.78, 5) is 114. The molecule has 0 unspecified atom stereocenters. The fraction of sp³-hybridized carbons (Fsp3) is 0.205. The molecule has 7 aromatic carbocycles. The van der Waals surface area contributed by atoms with Crippen LogP contribution in [-0.4, -0.2) is 128 Å². The smallest absolute Gasteiger partial charge is 0.339 e. The van der Waals surface area contributed by atoms with Gasteiger partial charge in [-0.1, -0.05) is 208 Å². The maximum absolute atomic E-state index is 11.6. The normalized spacial score (nSPS) is 12.8. The Morgan fingerprint density at radius 3 is 1.16 bits per heavy atom. The number of ketones is 1. The standard InChI is InChI=1S/C38H40Cl2N4O3.C26H18Cl2N2O3.C14H11BrClNO2.C13H11BrClNO.C13H9BrClNO.C8H8ClNO2/c1-23-18-34(42-22-26(23)21-41-20-24-12-15-28(45)19-24)32-11-5-9-30(37(32)40)29-8-4-10-31(36(29)39)33-16-13-25(38(44-33)47-2)6-3-7-27-14-17-35(46)43-27;1-15-11-23(29-12-17(15)14-32)21-8-4-6-19(25(21)28)18-5-3-7-20(24(18)27)22-10-9-16(13-31)26(30-22)33-2;1-8-6-12(17-7-10(8)14(18)19-2)9-4-3-5-11(15)13(9)16;2*1-8-5-12(16-6-9(8)7-17)10-3-2-4-11(14)13(10)15;1-5-3-7(9)10-4-6(5)8(11)12-2/h4-5,8-11,13,16,18,22,24,27,41H,3,6-7,12,14-15,17,19-21H2,1-2H3,(H,43,46);3-14H,1-2H3;3-7H,1-2H3;2-6,17H,7H2,1H3;2-7H,1H3;3-4H,1-2H3/t24-,27-;;;;;/m1...../s1. The van der Waals surface area contributed by atoms with E-state index in [0.29, 0.717) is 140 Å². The van der Waals surface area contributed by atoms with Crippen LogP contribution in [0.4, 0.5) is 0 Å². The molecule has 1 aliphatic heterocycles. The van der Waals surface area contributed by atoms with Gasteiger partial charge in [-0.15, -0.1) is 0 Å². The number of nitrogens with zero attached hydrogens (tertiary/aromatic N) is 8. The van der Waals surface area contributed by atoms with E-state index < -0.39 is 11.9 Å². The number of carbonyl (C=O) groups is 7. The predicted molar refractivity (Wildman–Crippen MR) is 588 cm³/mol. The van der Waals surface area contributed by atoms with Gasteiger partial charge in [-0.3, -0.25) is 48.9 Å². The molecule has 0 radical (unpaired) electrons. The average Bonchev–Trinajstić information content (AvgIpc) is 1.67. The van der Waals surface area contributed by atoms with Crippen LogP contribution in [0, 0.1) is 47.5 Å². The van der Waals surface area contributed by atoms with Crippen LogP contribution in [0.3, 0.4) is 0 Å². The Kier molecular flexibility index (Phi) is 41.2. The van der Waals surface area contributed by atoms with Crippen LogP contribution in [0.15, 0.2) is 239 Å². The van der Waals surface area contributed by atoms with Gasteiger partial charge in [-0.2, -0.15) is 0 Å². The average molecular weight is 2300 g/mol. The number of halogens is 11. The van der Waals surface area contributed by atoms with Gasteiger partial charge in [-0.05, 0) is 251 Å². The lowest BCUT2D eigenvalue weighted by atomic mass is 9.97. The Morgan fingerprint density at radius 1 is 0.407 bits per heavy atom. The highest BCUT2D eigenvalue weighted by atomic mass is 79.9. The monoisotopic (exact) mass is 2290 g/mol. The van der Waals surface area contributed by atoms with Crippen LogP contribution in [0.2, 0.25) is 40.3 Å². The molecule has 0 bridgehead atoms. The molecule has 9 heterocycles. The summed E-state index contributed by atoms with van der Waals surface area (Å²) < 4.78 is 22.6. The SMILES string of the molecule is COC(=O)c1cnc(-c2cccc(Br)c2Cl)cc1C.COC(=O)c1cnc(Cl)cc1C.COc1nc(-c2cccc(-c3cccc(-c4cc(C)c(C=O)cn4)c3Cl)c2Cl)ccc1C=O.COc1nc(-c2cccc(-c3cccc(-c4cc(C)c(CNC[C@@H]5CCC(=O)C5)cn4)c3Cl)c2Cl)ccc1CCC[C@@H]1CCC(=O)N1.Cc1cc(-c2cccc(Br)c2Cl)ncc1C=O.Cc1cc(-c2cccc(Br)c2Cl)ncc1CO. The van der Waals surface area contributed by atoms with E-state index in [9.17, 15) is 33.6 Å². The number of Topliss-reactive ketones (excluding diaryl/α,β-unsaturated/α-hetero) is 1. The third-order valence-corrected chi connectivity index (χ3v) is 29.8. The largest absolute Gasteiger partial charge is 0.481 e. The van der Waals surface area contributed by atoms with E-state index in [-0.39, 0.29) is 24.4 Å². The molecule has 17 rings (SSSR count). The third-order valence-electron chi connectivity index (χ3n) is 24.0. The van der Waals surface area contributed by atoms with Crippen molar-refractivity contribution in [3.05, 3.63) is 357 Å². The summed E-state index contributed by atoms with van der Waals surface area (Å²) in [7, 11) is 5.77. The summed E-state index contributed by atoms with van der Waals surface area (Å²) in [5.74, 6) is 0.969. The number of esters is 2. The molecule has 145 heavy (non-hydrogen) atoms. The van der Waals surface area contributed by atoms with Crippen molar-refractivity contribution in [2.45, 2.75) is 112 Å². The lowest BCUT2D eigenvalue weighted by Crippen LogP contribution is -2.25.